The molecule has 2 N–H and O–H groups in total. The van der Waals surface area contributed by atoms with Crippen molar-refractivity contribution in [2.24, 2.45) is 4.99 Å². The van der Waals surface area contributed by atoms with Crippen LogP contribution >= 0.6 is 0 Å². The molecule has 0 radical (unpaired) electrons. The molecule has 0 spiro atoms. The fourth-order valence-corrected chi connectivity index (χ4v) is 2.06. The largest absolute Gasteiger partial charge is 0.368 e. The summed E-state index contributed by atoms with van der Waals surface area (Å²) in [4.78, 5) is 6.64. The highest BCUT2D eigenvalue weighted by Crippen LogP contribution is 2.21. The summed E-state index contributed by atoms with van der Waals surface area (Å²) < 4.78 is 4.86. The summed E-state index contributed by atoms with van der Waals surface area (Å²) in [5.41, 5.74) is 8.37. The number of rotatable bonds is 2. The summed E-state index contributed by atoms with van der Waals surface area (Å²) >= 11 is 0. The minimum Gasteiger partial charge on any atom is -0.368 e. The van der Waals surface area contributed by atoms with Crippen molar-refractivity contribution in [3.05, 3.63) is 35.9 Å². The number of hydrogen-bond donors (Lipinski definition) is 1. The van der Waals surface area contributed by atoms with Crippen molar-refractivity contribution in [2.45, 2.75) is 0 Å². The lowest BCUT2D eigenvalue weighted by Gasteiger charge is -2.13. The Morgan fingerprint density at radius 2 is 1.94 bits per heavy atom. The van der Waals surface area contributed by atoms with Crippen LogP contribution in [0.4, 0.5) is 5.88 Å². The molecule has 0 saturated heterocycles. The quantitative estimate of drug-likeness (QED) is 0.868. The van der Waals surface area contributed by atoms with Crippen LogP contribution in [0.3, 0.4) is 0 Å². The second-order valence-electron chi connectivity index (χ2n) is 4.32. The first-order valence-electron chi connectivity index (χ1n) is 5.82. The second kappa shape index (κ2) is 4.18. The van der Waals surface area contributed by atoms with E-state index in [4.69, 9.17) is 10.3 Å². The van der Waals surface area contributed by atoms with Crippen LogP contribution in [0.1, 0.15) is 5.56 Å². The van der Waals surface area contributed by atoms with Crippen molar-refractivity contribution in [3.8, 4) is 11.3 Å². The lowest BCUT2D eigenvalue weighted by atomic mass is 10.1. The van der Waals surface area contributed by atoms with Crippen LogP contribution in [-0.2, 0) is 0 Å². The van der Waals surface area contributed by atoms with Gasteiger partial charge in [-0.25, -0.2) is 0 Å². The molecule has 1 aromatic carbocycles. The average molecular weight is 242 g/mol. The second-order valence-corrected chi connectivity index (χ2v) is 4.32. The van der Waals surface area contributed by atoms with Gasteiger partial charge in [0.25, 0.3) is 0 Å². The Bertz CT molecular complexity index is 585. The topological polar surface area (TPSA) is 67.7 Å². The summed E-state index contributed by atoms with van der Waals surface area (Å²) in [6.07, 6.45) is 0. The molecule has 1 aliphatic heterocycles. The van der Waals surface area contributed by atoms with E-state index in [1.54, 1.807) is 6.07 Å². The number of nitrogens with two attached hydrogens (primary N) is 1. The van der Waals surface area contributed by atoms with E-state index in [0.29, 0.717) is 5.88 Å². The van der Waals surface area contributed by atoms with Gasteiger partial charge in [-0.1, -0.05) is 29.4 Å². The normalized spacial score (nSPS) is 14.9. The molecule has 5 heteroatoms. The van der Waals surface area contributed by atoms with E-state index in [9.17, 15) is 0 Å². The van der Waals surface area contributed by atoms with Gasteiger partial charge in [-0.05, 0) is 0 Å². The highest BCUT2D eigenvalue weighted by atomic mass is 16.5. The van der Waals surface area contributed by atoms with E-state index in [1.807, 2.05) is 24.3 Å². The van der Waals surface area contributed by atoms with Crippen molar-refractivity contribution in [1.29, 1.82) is 0 Å². The first kappa shape index (κ1) is 10.8. The van der Waals surface area contributed by atoms with Crippen LogP contribution < -0.4 is 5.73 Å². The van der Waals surface area contributed by atoms with Crippen molar-refractivity contribution in [1.82, 2.24) is 10.1 Å². The van der Waals surface area contributed by atoms with Gasteiger partial charge >= 0.3 is 0 Å². The molecule has 0 saturated carbocycles. The van der Waals surface area contributed by atoms with Gasteiger partial charge in [0.2, 0.25) is 5.88 Å². The predicted molar refractivity (Wildman–Crippen MR) is 70.4 cm³/mol. The molecule has 2 aromatic rings. The van der Waals surface area contributed by atoms with E-state index in [1.165, 1.54) is 0 Å². The van der Waals surface area contributed by atoms with Gasteiger partial charge in [-0.3, -0.25) is 4.99 Å². The molecular weight excluding hydrogens is 228 g/mol. The third-order valence-electron chi connectivity index (χ3n) is 3.03. The Labute approximate surface area is 105 Å². The first-order chi connectivity index (χ1) is 8.74. The molecule has 3 rings (SSSR count). The van der Waals surface area contributed by atoms with Gasteiger partial charge in [-0.15, -0.1) is 0 Å². The number of hydrogen-bond acceptors (Lipinski definition) is 5. The van der Waals surface area contributed by atoms with Crippen LogP contribution in [0.15, 0.2) is 39.8 Å². The molecule has 1 aromatic heterocycles. The van der Waals surface area contributed by atoms with Gasteiger partial charge in [0.15, 0.2) is 0 Å². The third-order valence-corrected chi connectivity index (χ3v) is 3.03. The Morgan fingerprint density at radius 1 is 1.22 bits per heavy atom. The van der Waals surface area contributed by atoms with Crippen LogP contribution in [0, 0.1) is 0 Å². The van der Waals surface area contributed by atoms with Crippen LogP contribution in [0.25, 0.3) is 11.3 Å². The minimum atomic E-state index is 0.328. The highest BCUT2D eigenvalue weighted by Gasteiger charge is 2.14. The lowest BCUT2D eigenvalue weighted by molar-refractivity contribution is 0.439. The Hall–Kier alpha value is -2.30. The minimum absolute atomic E-state index is 0.328. The molecule has 0 fully saturated rings. The van der Waals surface area contributed by atoms with E-state index < -0.39 is 0 Å². The molecule has 1 aliphatic rings. The summed E-state index contributed by atoms with van der Waals surface area (Å²) in [5, 5.41) is 3.89. The van der Waals surface area contributed by atoms with Crippen LogP contribution in [0.5, 0.6) is 0 Å². The highest BCUT2D eigenvalue weighted by molar-refractivity contribution is 5.99. The number of amidine groups is 1. The van der Waals surface area contributed by atoms with Gasteiger partial charge < -0.3 is 15.2 Å². The molecule has 0 aliphatic carbocycles. The van der Waals surface area contributed by atoms with Gasteiger partial charge in [0.05, 0.1) is 6.54 Å². The van der Waals surface area contributed by atoms with E-state index in [-0.39, 0.29) is 0 Å². The number of benzene rings is 1. The molecule has 2 heterocycles. The fraction of sp³-hybridized carbons (Fsp3) is 0.231. The summed E-state index contributed by atoms with van der Waals surface area (Å²) in [6, 6.07) is 9.80. The smallest absolute Gasteiger partial charge is 0.222 e. The molecule has 0 unspecified atom stereocenters. The van der Waals surface area contributed by atoms with Crippen molar-refractivity contribution in [3.63, 3.8) is 0 Å². The maximum absolute atomic E-state index is 5.51. The molecule has 0 bridgehead atoms. The predicted octanol–water partition coefficient (Wildman–Crippen LogP) is 1.62. The maximum Gasteiger partial charge on any atom is 0.222 e. The summed E-state index contributed by atoms with van der Waals surface area (Å²) in [6.45, 7) is 1.85. The van der Waals surface area contributed by atoms with Crippen molar-refractivity contribution in [2.75, 3.05) is 25.9 Å². The van der Waals surface area contributed by atoms with E-state index >= 15 is 0 Å². The number of aliphatic imine (C=N–C) groups is 1. The number of nitrogens with zero attached hydrogens (tertiary/aromatic N) is 3. The molecular formula is C13H14N4O. The Kier molecular flexibility index (Phi) is 2.51. The third kappa shape index (κ3) is 1.84. The zero-order chi connectivity index (χ0) is 12.5. The number of nitrogen functional groups attached to an aromatic ring is 1. The Morgan fingerprint density at radius 3 is 2.50 bits per heavy atom. The standard InChI is InChI=1S/C13H14N4O/c1-17-7-6-15-13(17)10-4-2-9(3-5-10)11-8-12(14)18-16-11/h2-5,8H,6-7,14H2,1H3. The monoisotopic (exact) mass is 242 g/mol. The summed E-state index contributed by atoms with van der Waals surface area (Å²) in [7, 11) is 2.05. The van der Waals surface area contributed by atoms with Crippen molar-refractivity contribution < 1.29 is 4.52 Å². The van der Waals surface area contributed by atoms with E-state index in [0.717, 1.165) is 35.7 Å². The van der Waals surface area contributed by atoms with Gasteiger partial charge in [0.1, 0.15) is 11.5 Å². The lowest BCUT2D eigenvalue weighted by Crippen LogP contribution is -2.23. The van der Waals surface area contributed by atoms with Crippen LogP contribution in [0.2, 0.25) is 0 Å². The maximum atomic E-state index is 5.51. The SMILES string of the molecule is CN1CCN=C1c1ccc(-c2cc(N)on2)cc1. The first-order valence-corrected chi connectivity index (χ1v) is 5.82. The van der Waals surface area contributed by atoms with Crippen molar-refractivity contribution >= 4 is 11.7 Å². The molecule has 92 valence electrons. The number of aromatic nitrogens is 1. The Balaban J connectivity index is 1.89. The molecule has 0 amide bonds. The molecule has 0 atom stereocenters. The zero-order valence-corrected chi connectivity index (χ0v) is 10.1. The zero-order valence-electron chi connectivity index (χ0n) is 10.1. The number of likely N-dealkylation sites (N-methyl/N-ethyl adjacent to an activating group) is 1. The summed E-state index contributed by atoms with van der Waals surface area (Å²) in [5.74, 6) is 1.37. The fourth-order valence-electron chi connectivity index (χ4n) is 2.06. The average Bonchev–Trinajstić information content (AvgIpc) is 2.98. The van der Waals surface area contributed by atoms with Gasteiger partial charge in [0, 0.05) is 30.8 Å². The molecule has 18 heavy (non-hydrogen) atoms. The van der Waals surface area contributed by atoms with E-state index in [2.05, 4.69) is 22.1 Å². The molecule has 5 nitrogen and oxygen atoms in total. The van der Waals surface area contributed by atoms with Crippen LogP contribution in [-0.4, -0.2) is 36.0 Å². The number of anilines is 1. The van der Waals surface area contributed by atoms with Gasteiger partial charge in [-0.2, -0.15) is 0 Å².